The molecule has 66 valence electrons. The van der Waals surface area contributed by atoms with Gasteiger partial charge >= 0.3 is 0 Å². The van der Waals surface area contributed by atoms with Gasteiger partial charge in [0.25, 0.3) is 0 Å². The van der Waals surface area contributed by atoms with Crippen LogP contribution in [0, 0.1) is 5.92 Å². The summed E-state index contributed by atoms with van der Waals surface area (Å²) in [5, 5.41) is 3.79. The van der Waals surface area contributed by atoms with Gasteiger partial charge in [-0.3, -0.25) is 0 Å². The van der Waals surface area contributed by atoms with E-state index >= 15 is 0 Å². The van der Waals surface area contributed by atoms with E-state index in [4.69, 9.17) is 0 Å². The quantitative estimate of drug-likeness (QED) is 0.540. The van der Waals surface area contributed by atoms with E-state index in [0.717, 1.165) is 5.92 Å². The van der Waals surface area contributed by atoms with Gasteiger partial charge in [-0.2, -0.15) is 0 Å². The zero-order valence-electron chi connectivity index (χ0n) is 7.98. The molecule has 1 saturated heterocycles. The highest BCUT2D eigenvalue weighted by molar-refractivity contribution is 5.30. The minimum atomic E-state index is 0.351. The van der Waals surface area contributed by atoms with Crippen LogP contribution in [0.3, 0.4) is 0 Å². The van der Waals surface area contributed by atoms with Crippen molar-refractivity contribution in [2.75, 3.05) is 0 Å². The highest BCUT2D eigenvalue weighted by atomic mass is 15.1. The lowest BCUT2D eigenvalue weighted by Gasteiger charge is -2.56. The topological polar surface area (TPSA) is 12.0 Å². The van der Waals surface area contributed by atoms with Crippen LogP contribution in [0.1, 0.15) is 39.5 Å². The molecule has 0 radical (unpaired) electrons. The summed E-state index contributed by atoms with van der Waals surface area (Å²) in [6, 6.07) is 0. The van der Waals surface area contributed by atoms with Crippen LogP contribution in [-0.4, -0.2) is 11.1 Å². The molecule has 2 heterocycles. The lowest BCUT2D eigenvalue weighted by molar-refractivity contribution is 0.0884. The predicted molar refractivity (Wildman–Crippen MR) is 50.0 cm³/mol. The summed E-state index contributed by atoms with van der Waals surface area (Å²) in [7, 11) is 0. The van der Waals surface area contributed by atoms with Crippen molar-refractivity contribution >= 4 is 0 Å². The van der Waals surface area contributed by atoms with E-state index in [-0.39, 0.29) is 0 Å². The molecule has 2 aliphatic heterocycles. The highest BCUT2D eigenvalue weighted by Crippen LogP contribution is 2.49. The van der Waals surface area contributed by atoms with Crippen molar-refractivity contribution in [3.63, 3.8) is 0 Å². The number of rotatable bonds is 0. The summed E-state index contributed by atoms with van der Waals surface area (Å²) in [6.45, 7) is 4.75. The number of piperidine rings is 1. The van der Waals surface area contributed by atoms with Gasteiger partial charge in [0.05, 0.1) is 0 Å². The summed E-state index contributed by atoms with van der Waals surface area (Å²) in [6.07, 6.45) is 7.96. The maximum atomic E-state index is 3.79. The third-order valence-corrected chi connectivity index (χ3v) is 3.73. The van der Waals surface area contributed by atoms with Crippen molar-refractivity contribution in [2.24, 2.45) is 5.92 Å². The summed E-state index contributed by atoms with van der Waals surface area (Å²) >= 11 is 0. The highest BCUT2D eigenvalue weighted by Gasteiger charge is 2.49. The van der Waals surface area contributed by atoms with Crippen molar-refractivity contribution in [1.29, 1.82) is 0 Å². The van der Waals surface area contributed by atoms with Crippen molar-refractivity contribution in [2.45, 2.75) is 50.6 Å². The lowest BCUT2D eigenvalue weighted by Crippen LogP contribution is -2.64. The van der Waals surface area contributed by atoms with Gasteiger partial charge in [0.2, 0.25) is 0 Å². The molecule has 12 heavy (non-hydrogen) atoms. The number of hydrogen-bond donors (Lipinski definition) is 1. The molecule has 4 bridgehead atoms. The van der Waals surface area contributed by atoms with Crippen LogP contribution in [0.2, 0.25) is 0 Å². The van der Waals surface area contributed by atoms with Gasteiger partial charge < -0.3 is 5.32 Å². The number of nitrogens with one attached hydrogen (secondary N) is 1. The Hall–Kier alpha value is -0.300. The van der Waals surface area contributed by atoms with E-state index in [1.807, 2.05) is 0 Å². The maximum absolute atomic E-state index is 3.79. The average Bonchev–Trinajstić information content (AvgIpc) is 1.75. The zero-order chi connectivity index (χ0) is 8.40. The molecule has 2 fully saturated rings. The standard InChI is InChI=1S/C11H17N/c1-10-4-8-3-9(5-10)7-11(2,6-8)12-10/h4,9,12H,3,5-7H2,1-2H3. The molecule has 4 aliphatic rings. The third kappa shape index (κ3) is 0.832. The van der Waals surface area contributed by atoms with Crippen LogP contribution in [0.15, 0.2) is 11.6 Å². The third-order valence-electron chi connectivity index (χ3n) is 3.73. The van der Waals surface area contributed by atoms with E-state index in [1.54, 1.807) is 5.57 Å². The summed E-state index contributed by atoms with van der Waals surface area (Å²) < 4.78 is 0. The molecule has 2 aliphatic carbocycles. The summed E-state index contributed by atoms with van der Waals surface area (Å²) in [5.74, 6) is 0.981. The van der Waals surface area contributed by atoms with Crippen molar-refractivity contribution in [3.05, 3.63) is 11.6 Å². The second-order valence-electron chi connectivity index (χ2n) is 5.56. The van der Waals surface area contributed by atoms with E-state index in [2.05, 4.69) is 25.2 Å². The molecule has 1 saturated carbocycles. The Bertz CT molecular complexity index is 268. The lowest BCUT2D eigenvalue weighted by atomic mass is 9.60. The van der Waals surface area contributed by atoms with Gasteiger partial charge in [0.15, 0.2) is 0 Å². The molecule has 3 atom stereocenters. The molecule has 0 aromatic heterocycles. The molecule has 0 aromatic rings. The Labute approximate surface area is 74.2 Å². The fourth-order valence-corrected chi connectivity index (χ4v) is 3.96. The first kappa shape index (κ1) is 7.14. The van der Waals surface area contributed by atoms with Crippen LogP contribution in [0.5, 0.6) is 0 Å². The number of hydrogen-bond acceptors (Lipinski definition) is 1. The Morgan fingerprint density at radius 2 is 2.25 bits per heavy atom. The van der Waals surface area contributed by atoms with Gasteiger partial charge in [0.1, 0.15) is 0 Å². The minimum absolute atomic E-state index is 0.351. The van der Waals surface area contributed by atoms with E-state index in [1.165, 1.54) is 25.7 Å². The zero-order valence-corrected chi connectivity index (χ0v) is 7.98. The Kier molecular flexibility index (Phi) is 1.07. The normalized spacial score (nSPS) is 55.8. The maximum Gasteiger partial charge on any atom is 0.0345 e. The SMILES string of the molecule is CC12C=C3CC(C1)CC(C)(C3)N2. The van der Waals surface area contributed by atoms with Crippen LogP contribution >= 0.6 is 0 Å². The first-order valence-corrected chi connectivity index (χ1v) is 5.07. The molecular weight excluding hydrogens is 146 g/mol. The van der Waals surface area contributed by atoms with Gasteiger partial charge in [-0.05, 0) is 45.4 Å². The van der Waals surface area contributed by atoms with Crippen LogP contribution in [0.4, 0.5) is 0 Å². The van der Waals surface area contributed by atoms with Crippen molar-refractivity contribution in [3.8, 4) is 0 Å². The van der Waals surface area contributed by atoms with Crippen molar-refractivity contribution < 1.29 is 0 Å². The molecule has 4 rings (SSSR count). The van der Waals surface area contributed by atoms with Gasteiger partial charge in [-0.15, -0.1) is 0 Å². The smallest absolute Gasteiger partial charge is 0.0345 e. The first-order valence-electron chi connectivity index (χ1n) is 5.07. The van der Waals surface area contributed by atoms with E-state index < -0.39 is 0 Å². The Morgan fingerprint density at radius 3 is 2.83 bits per heavy atom. The van der Waals surface area contributed by atoms with Crippen LogP contribution in [0.25, 0.3) is 0 Å². The predicted octanol–water partition coefficient (Wildman–Crippen LogP) is 2.24. The fourth-order valence-electron chi connectivity index (χ4n) is 3.96. The minimum Gasteiger partial charge on any atom is -0.303 e. The second kappa shape index (κ2) is 1.79. The van der Waals surface area contributed by atoms with E-state index in [9.17, 15) is 0 Å². The second-order valence-corrected chi connectivity index (χ2v) is 5.56. The van der Waals surface area contributed by atoms with Gasteiger partial charge in [-0.1, -0.05) is 11.6 Å². The van der Waals surface area contributed by atoms with Gasteiger partial charge in [-0.25, -0.2) is 0 Å². The molecule has 1 N–H and O–H groups in total. The molecule has 3 unspecified atom stereocenters. The summed E-state index contributed by atoms with van der Waals surface area (Å²) in [4.78, 5) is 0. The first-order chi connectivity index (χ1) is 5.57. The Morgan fingerprint density at radius 1 is 1.42 bits per heavy atom. The van der Waals surface area contributed by atoms with E-state index in [0.29, 0.717) is 11.1 Å². The molecular formula is C11H17N. The average molecular weight is 163 g/mol. The van der Waals surface area contributed by atoms with Crippen molar-refractivity contribution in [1.82, 2.24) is 5.32 Å². The molecule has 0 spiro atoms. The molecule has 1 heteroatoms. The fraction of sp³-hybridized carbons (Fsp3) is 0.818. The summed E-state index contributed by atoms with van der Waals surface area (Å²) in [5.41, 5.74) is 2.52. The van der Waals surface area contributed by atoms with Crippen LogP contribution in [-0.2, 0) is 0 Å². The molecule has 1 nitrogen and oxygen atoms in total. The monoisotopic (exact) mass is 163 g/mol. The Balaban J connectivity index is 2.10. The molecule has 0 aromatic carbocycles. The largest absolute Gasteiger partial charge is 0.303 e. The molecule has 0 amide bonds. The van der Waals surface area contributed by atoms with Gasteiger partial charge in [0, 0.05) is 11.1 Å². The van der Waals surface area contributed by atoms with Crippen LogP contribution < -0.4 is 5.32 Å².